The van der Waals surface area contributed by atoms with Gasteiger partial charge in [0.05, 0.1) is 4.90 Å². The van der Waals surface area contributed by atoms with Crippen molar-refractivity contribution in [2.75, 3.05) is 15.4 Å². The van der Waals surface area contributed by atoms with Crippen LogP contribution in [-0.2, 0) is 10.0 Å². The molecule has 0 aliphatic carbocycles. The molecular formula is C23H22N6O2S. The highest BCUT2D eigenvalue weighted by atomic mass is 32.2. The monoisotopic (exact) mass is 446 g/mol. The number of rotatable bonds is 7. The Bertz CT molecular complexity index is 1330. The summed E-state index contributed by atoms with van der Waals surface area (Å²) in [5, 5.41) is 6.29. The van der Waals surface area contributed by atoms with Crippen LogP contribution in [0, 0.1) is 13.8 Å². The summed E-state index contributed by atoms with van der Waals surface area (Å²) in [7, 11) is -3.66. The molecule has 0 bridgehead atoms. The van der Waals surface area contributed by atoms with Gasteiger partial charge in [0.1, 0.15) is 23.8 Å². The van der Waals surface area contributed by atoms with Gasteiger partial charge in [-0.05, 0) is 73.5 Å². The molecule has 0 atom stereocenters. The number of hydrogen-bond acceptors (Lipinski definition) is 7. The molecule has 9 heteroatoms. The fraction of sp³-hybridized carbons (Fsp3) is 0.0870. The van der Waals surface area contributed by atoms with Crippen molar-refractivity contribution in [3.05, 3.63) is 90.4 Å². The number of aromatic nitrogens is 3. The van der Waals surface area contributed by atoms with Crippen molar-refractivity contribution in [3.63, 3.8) is 0 Å². The summed E-state index contributed by atoms with van der Waals surface area (Å²) in [4.78, 5) is 12.9. The van der Waals surface area contributed by atoms with Crippen LogP contribution in [0.1, 0.15) is 11.1 Å². The summed E-state index contributed by atoms with van der Waals surface area (Å²) in [6.45, 7) is 3.83. The zero-order valence-corrected chi connectivity index (χ0v) is 18.4. The van der Waals surface area contributed by atoms with E-state index >= 15 is 0 Å². The minimum absolute atomic E-state index is 0.233. The maximum absolute atomic E-state index is 12.7. The average molecular weight is 447 g/mol. The molecule has 2 heterocycles. The molecule has 4 aromatic rings. The van der Waals surface area contributed by atoms with E-state index in [1.807, 2.05) is 32.0 Å². The zero-order chi connectivity index (χ0) is 22.6. The lowest BCUT2D eigenvalue weighted by atomic mass is 10.1. The Kier molecular flexibility index (Phi) is 6.00. The molecule has 0 spiro atoms. The zero-order valence-electron chi connectivity index (χ0n) is 17.6. The summed E-state index contributed by atoms with van der Waals surface area (Å²) in [5.41, 5.74) is 3.19. The fourth-order valence-corrected chi connectivity index (χ4v) is 4.07. The Morgan fingerprint density at radius 3 is 2.09 bits per heavy atom. The molecule has 3 N–H and O–H groups in total. The lowest BCUT2D eigenvalue weighted by molar-refractivity contribution is 0.601. The van der Waals surface area contributed by atoms with Crippen LogP contribution < -0.4 is 15.4 Å². The van der Waals surface area contributed by atoms with E-state index in [4.69, 9.17) is 0 Å². The van der Waals surface area contributed by atoms with E-state index in [0.29, 0.717) is 23.1 Å². The van der Waals surface area contributed by atoms with Crippen molar-refractivity contribution in [2.45, 2.75) is 18.7 Å². The van der Waals surface area contributed by atoms with E-state index in [-0.39, 0.29) is 4.90 Å². The van der Waals surface area contributed by atoms with Gasteiger partial charge in [-0.15, -0.1) is 0 Å². The van der Waals surface area contributed by atoms with Crippen molar-refractivity contribution in [3.8, 4) is 0 Å². The molecule has 0 aliphatic rings. The van der Waals surface area contributed by atoms with E-state index in [0.717, 1.165) is 16.8 Å². The Labute approximate surface area is 186 Å². The van der Waals surface area contributed by atoms with Gasteiger partial charge in [-0.25, -0.2) is 23.4 Å². The Morgan fingerprint density at radius 2 is 1.41 bits per heavy atom. The quantitative estimate of drug-likeness (QED) is 0.375. The first-order valence-corrected chi connectivity index (χ1v) is 11.3. The first kappa shape index (κ1) is 21.3. The molecule has 162 valence electrons. The highest BCUT2D eigenvalue weighted by Gasteiger charge is 2.15. The first-order chi connectivity index (χ1) is 15.4. The van der Waals surface area contributed by atoms with Crippen LogP contribution in [0.5, 0.6) is 0 Å². The molecule has 0 aliphatic heterocycles. The summed E-state index contributed by atoms with van der Waals surface area (Å²) in [6.07, 6.45) is 3.14. The topological polar surface area (TPSA) is 109 Å². The second-order valence-electron chi connectivity index (χ2n) is 7.18. The van der Waals surface area contributed by atoms with Gasteiger partial charge >= 0.3 is 0 Å². The van der Waals surface area contributed by atoms with Crippen LogP contribution in [0.15, 0.2) is 84.1 Å². The van der Waals surface area contributed by atoms with Gasteiger partial charge in [0.15, 0.2) is 0 Å². The van der Waals surface area contributed by atoms with Crippen molar-refractivity contribution < 1.29 is 8.42 Å². The van der Waals surface area contributed by atoms with Gasteiger partial charge in [0.2, 0.25) is 0 Å². The van der Waals surface area contributed by atoms with Crippen LogP contribution in [0.3, 0.4) is 0 Å². The molecule has 0 amide bonds. The summed E-state index contributed by atoms with van der Waals surface area (Å²) in [5.74, 6) is 1.86. The molecule has 0 saturated heterocycles. The first-order valence-electron chi connectivity index (χ1n) is 9.86. The number of pyridine rings is 1. The number of sulfonamides is 1. The summed E-state index contributed by atoms with van der Waals surface area (Å²) >= 11 is 0. The van der Waals surface area contributed by atoms with E-state index in [9.17, 15) is 8.42 Å². The van der Waals surface area contributed by atoms with Gasteiger partial charge in [-0.3, -0.25) is 4.72 Å². The number of hydrogen-bond donors (Lipinski definition) is 3. The van der Waals surface area contributed by atoms with Crippen LogP contribution in [0.25, 0.3) is 0 Å². The highest BCUT2D eigenvalue weighted by Crippen LogP contribution is 2.22. The maximum atomic E-state index is 12.7. The van der Waals surface area contributed by atoms with Crippen LogP contribution in [0.4, 0.5) is 28.8 Å². The fourth-order valence-electron chi connectivity index (χ4n) is 2.93. The Balaban J connectivity index is 1.44. The molecule has 32 heavy (non-hydrogen) atoms. The standard InChI is InChI=1S/C23H22N6O2S/c1-16-6-11-20(13-17(16)2)32(30,31)29-19-9-7-18(8-10-19)27-22-14-23(26-15-25-22)28-21-5-3-4-12-24-21/h3-15,29H,1-2H3,(H2,24,25,26,27,28). The minimum atomic E-state index is -3.66. The normalized spacial score (nSPS) is 11.1. The Hall–Kier alpha value is -3.98. The van der Waals surface area contributed by atoms with Gasteiger partial charge in [0.25, 0.3) is 10.0 Å². The molecule has 2 aromatic carbocycles. The van der Waals surface area contributed by atoms with E-state index in [1.165, 1.54) is 6.33 Å². The minimum Gasteiger partial charge on any atom is -0.340 e. The highest BCUT2D eigenvalue weighted by molar-refractivity contribution is 7.92. The third kappa shape index (κ3) is 5.19. The molecule has 0 unspecified atom stereocenters. The lowest BCUT2D eigenvalue weighted by Crippen LogP contribution is -2.13. The number of nitrogens with one attached hydrogen (secondary N) is 3. The molecular weight excluding hydrogens is 424 g/mol. The van der Waals surface area contributed by atoms with Gasteiger partial charge in [0, 0.05) is 23.6 Å². The van der Waals surface area contributed by atoms with Gasteiger partial charge in [-0.2, -0.15) is 0 Å². The number of anilines is 5. The molecule has 0 fully saturated rings. The largest absolute Gasteiger partial charge is 0.340 e. The van der Waals surface area contributed by atoms with Gasteiger partial charge in [-0.1, -0.05) is 12.1 Å². The number of benzene rings is 2. The third-order valence-electron chi connectivity index (χ3n) is 4.79. The summed E-state index contributed by atoms with van der Waals surface area (Å²) < 4.78 is 28.0. The van der Waals surface area contributed by atoms with Crippen LogP contribution >= 0.6 is 0 Å². The number of nitrogens with zero attached hydrogens (tertiary/aromatic N) is 3. The van der Waals surface area contributed by atoms with Gasteiger partial charge < -0.3 is 10.6 Å². The van der Waals surface area contributed by atoms with E-state index in [2.05, 4.69) is 30.3 Å². The molecule has 0 saturated carbocycles. The molecule has 8 nitrogen and oxygen atoms in total. The molecule has 4 rings (SSSR count). The number of aryl methyl sites for hydroxylation is 2. The van der Waals surface area contributed by atoms with E-state index < -0.39 is 10.0 Å². The lowest BCUT2D eigenvalue weighted by Gasteiger charge is -2.11. The van der Waals surface area contributed by atoms with Crippen molar-refractivity contribution in [1.82, 2.24) is 15.0 Å². The molecule has 2 aromatic heterocycles. The van der Waals surface area contributed by atoms with Crippen molar-refractivity contribution in [1.29, 1.82) is 0 Å². The smallest absolute Gasteiger partial charge is 0.261 e. The van der Waals surface area contributed by atoms with Crippen molar-refractivity contribution in [2.24, 2.45) is 0 Å². The molecule has 0 radical (unpaired) electrons. The Morgan fingerprint density at radius 1 is 0.688 bits per heavy atom. The predicted molar refractivity (Wildman–Crippen MR) is 126 cm³/mol. The SMILES string of the molecule is Cc1ccc(S(=O)(=O)Nc2ccc(Nc3cc(Nc4ccccn4)ncn3)cc2)cc1C. The second kappa shape index (κ2) is 9.03. The summed E-state index contributed by atoms with van der Waals surface area (Å²) in [6, 6.07) is 19.3. The average Bonchev–Trinajstić information content (AvgIpc) is 2.78. The van der Waals surface area contributed by atoms with E-state index in [1.54, 1.807) is 54.7 Å². The third-order valence-corrected chi connectivity index (χ3v) is 6.17. The second-order valence-corrected chi connectivity index (χ2v) is 8.86. The van der Waals surface area contributed by atoms with Crippen LogP contribution in [-0.4, -0.2) is 23.4 Å². The predicted octanol–water partition coefficient (Wildman–Crippen LogP) is 4.78. The van der Waals surface area contributed by atoms with Crippen LogP contribution in [0.2, 0.25) is 0 Å². The maximum Gasteiger partial charge on any atom is 0.261 e. The van der Waals surface area contributed by atoms with Crippen molar-refractivity contribution >= 4 is 38.9 Å².